The van der Waals surface area contributed by atoms with Crippen LogP contribution in [0.15, 0.2) is 11.4 Å². The van der Waals surface area contributed by atoms with E-state index in [1.165, 1.54) is 11.3 Å². The zero-order valence-electron chi connectivity index (χ0n) is 10.2. The second-order valence-electron chi connectivity index (χ2n) is 5.22. The molecule has 4 nitrogen and oxygen atoms in total. The minimum Gasteiger partial charge on any atom is -0.349 e. The van der Waals surface area contributed by atoms with E-state index in [1.807, 2.05) is 5.38 Å². The van der Waals surface area contributed by atoms with E-state index < -0.39 is 0 Å². The third-order valence-electron chi connectivity index (χ3n) is 3.51. The monoisotopic (exact) mass is 264 g/mol. The van der Waals surface area contributed by atoms with Gasteiger partial charge in [-0.1, -0.05) is 6.92 Å². The van der Waals surface area contributed by atoms with Crippen molar-refractivity contribution in [2.45, 2.75) is 32.2 Å². The highest BCUT2D eigenvalue weighted by Crippen LogP contribution is 2.39. The Bertz CT molecular complexity index is 493. The average Bonchev–Trinajstić information content (AvgIpc) is 3.22. The SMILES string of the molecule is C[C@H]1C[C@@H]1C(=O)Nc1sccc1C(=O)NC1CC1. The topological polar surface area (TPSA) is 58.2 Å². The van der Waals surface area contributed by atoms with Crippen molar-refractivity contribution in [3.05, 3.63) is 17.0 Å². The summed E-state index contributed by atoms with van der Waals surface area (Å²) in [5.74, 6) is 0.587. The van der Waals surface area contributed by atoms with E-state index in [9.17, 15) is 9.59 Å². The summed E-state index contributed by atoms with van der Waals surface area (Å²) in [5, 5.41) is 8.34. The lowest BCUT2D eigenvalue weighted by molar-refractivity contribution is -0.117. The molecule has 18 heavy (non-hydrogen) atoms. The van der Waals surface area contributed by atoms with Crippen LogP contribution in [0.3, 0.4) is 0 Å². The molecule has 0 aliphatic heterocycles. The fraction of sp³-hybridized carbons (Fsp3) is 0.538. The molecular weight excluding hydrogens is 248 g/mol. The zero-order chi connectivity index (χ0) is 12.7. The number of hydrogen-bond acceptors (Lipinski definition) is 3. The van der Waals surface area contributed by atoms with Gasteiger partial charge in [-0.3, -0.25) is 9.59 Å². The van der Waals surface area contributed by atoms with Crippen LogP contribution in [0.1, 0.15) is 36.5 Å². The van der Waals surface area contributed by atoms with Gasteiger partial charge in [0.15, 0.2) is 0 Å². The first-order valence-corrected chi connectivity index (χ1v) is 7.22. The summed E-state index contributed by atoms with van der Waals surface area (Å²) in [7, 11) is 0. The van der Waals surface area contributed by atoms with E-state index in [0.717, 1.165) is 19.3 Å². The highest BCUT2D eigenvalue weighted by atomic mass is 32.1. The number of nitrogens with one attached hydrogen (secondary N) is 2. The van der Waals surface area contributed by atoms with Gasteiger partial charge in [0, 0.05) is 12.0 Å². The molecule has 0 radical (unpaired) electrons. The molecule has 96 valence electrons. The lowest BCUT2D eigenvalue weighted by Gasteiger charge is -2.06. The van der Waals surface area contributed by atoms with Gasteiger partial charge in [-0.2, -0.15) is 0 Å². The third kappa shape index (κ3) is 2.41. The summed E-state index contributed by atoms with van der Waals surface area (Å²) in [6, 6.07) is 2.11. The van der Waals surface area contributed by atoms with Crippen LogP contribution in [-0.2, 0) is 4.79 Å². The molecule has 3 rings (SSSR count). The maximum Gasteiger partial charge on any atom is 0.254 e. The maximum atomic E-state index is 12.0. The second-order valence-corrected chi connectivity index (χ2v) is 6.14. The molecule has 0 bridgehead atoms. The number of carbonyl (C=O) groups excluding carboxylic acids is 2. The van der Waals surface area contributed by atoms with Crippen LogP contribution in [0.25, 0.3) is 0 Å². The van der Waals surface area contributed by atoms with Gasteiger partial charge in [0.25, 0.3) is 5.91 Å². The Hall–Kier alpha value is -1.36. The fourth-order valence-corrected chi connectivity index (χ4v) is 2.76. The first kappa shape index (κ1) is 11.7. The molecule has 0 aromatic carbocycles. The predicted molar refractivity (Wildman–Crippen MR) is 70.7 cm³/mol. The molecule has 0 unspecified atom stereocenters. The first-order valence-electron chi connectivity index (χ1n) is 6.34. The third-order valence-corrected chi connectivity index (χ3v) is 4.34. The Labute approximate surface area is 110 Å². The molecule has 0 saturated heterocycles. The molecule has 1 heterocycles. The molecule has 2 atom stereocenters. The van der Waals surface area contributed by atoms with Crippen molar-refractivity contribution in [1.29, 1.82) is 0 Å². The van der Waals surface area contributed by atoms with Crippen molar-refractivity contribution in [1.82, 2.24) is 5.32 Å². The van der Waals surface area contributed by atoms with Crippen molar-refractivity contribution >= 4 is 28.2 Å². The largest absolute Gasteiger partial charge is 0.349 e. The van der Waals surface area contributed by atoms with Crippen LogP contribution in [0.5, 0.6) is 0 Å². The van der Waals surface area contributed by atoms with E-state index in [-0.39, 0.29) is 17.7 Å². The molecule has 2 aliphatic rings. The normalized spacial score (nSPS) is 25.6. The van der Waals surface area contributed by atoms with Crippen LogP contribution in [0.2, 0.25) is 0 Å². The maximum absolute atomic E-state index is 12.0. The number of hydrogen-bond donors (Lipinski definition) is 2. The van der Waals surface area contributed by atoms with Crippen LogP contribution < -0.4 is 10.6 Å². The van der Waals surface area contributed by atoms with Gasteiger partial charge in [0.05, 0.1) is 5.56 Å². The minimum atomic E-state index is -0.0714. The summed E-state index contributed by atoms with van der Waals surface area (Å²) in [6.45, 7) is 2.07. The van der Waals surface area contributed by atoms with Crippen LogP contribution in [-0.4, -0.2) is 17.9 Å². The molecule has 2 N–H and O–H groups in total. The van der Waals surface area contributed by atoms with E-state index >= 15 is 0 Å². The van der Waals surface area contributed by atoms with Gasteiger partial charge in [0.1, 0.15) is 5.00 Å². The van der Waals surface area contributed by atoms with E-state index in [4.69, 9.17) is 0 Å². The van der Waals surface area contributed by atoms with Gasteiger partial charge < -0.3 is 10.6 Å². The average molecular weight is 264 g/mol. The lowest BCUT2D eigenvalue weighted by Crippen LogP contribution is -2.26. The number of carbonyl (C=O) groups is 2. The van der Waals surface area contributed by atoms with Crippen molar-refractivity contribution in [2.24, 2.45) is 11.8 Å². The molecule has 2 fully saturated rings. The molecular formula is C13H16N2O2S. The Kier molecular flexibility index (Phi) is 2.86. The van der Waals surface area contributed by atoms with Crippen molar-refractivity contribution in [3.63, 3.8) is 0 Å². The second kappa shape index (κ2) is 4.39. The highest BCUT2D eigenvalue weighted by molar-refractivity contribution is 7.14. The van der Waals surface area contributed by atoms with Gasteiger partial charge in [-0.05, 0) is 36.6 Å². The van der Waals surface area contributed by atoms with Gasteiger partial charge >= 0.3 is 0 Å². The zero-order valence-corrected chi connectivity index (χ0v) is 11.0. The lowest BCUT2D eigenvalue weighted by atomic mass is 10.2. The number of anilines is 1. The van der Waals surface area contributed by atoms with Gasteiger partial charge in [-0.25, -0.2) is 0 Å². The minimum absolute atomic E-state index is 0.0467. The molecule has 2 amide bonds. The fourth-order valence-electron chi connectivity index (χ4n) is 1.97. The Morgan fingerprint density at radius 3 is 2.72 bits per heavy atom. The summed E-state index contributed by atoms with van der Waals surface area (Å²) in [6.07, 6.45) is 3.09. The van der Waals surface area contributed by atoms with Crippen molar-refractivity contribution < 1.29 is 9.59 Å². The predicted octanol–water partition coefficient (Wildman–Crippen LogP) is 2.23. The molecule has 5 heteroatoms. The summed E-state index contributed by atoms with van der Waals surface area (Å²) in [5.41, 5.74) is 0.591. The van der Waals surface area contributed by atoms with E-state index in [0.29, 0.717) is 22.5 Å². The number of amides is 2. The highest BCUT2D eigenvalue weighted by Gasteiger charge is 2.39. The Morgan fingerprint density at radius 2 is 2.11 bits per heavy atom. The number of rotatable bonds is 4. The summed E-state index contributed by atoms with van der Waals surface area (Å²) in [4.78, 5) is 23.8. The van der Waals surface area contributed by atoms with Crippen molar-refractivity contribution in [3.8, 4) is 0 Å². The van der Waals surface area contributed by atoms with Gasteiger partial charge in [-0.15, -0.1) is 11.3 Å². The molecule has 0 spiro atoms. The van der Waals surface area contributed by atoms with Gasteiger partial charge in [0.2, 0.25) is 5.91 Å². The summed E-state index contributed by atoms with van der Waals surface area (Å²) < 4.78 is 0. The van der Waals surface area contributed by atoms with Crippen LogP contribution in [0.4, 0.5) is 5.00 Å². The molecule has 2 aliphatic carbocycles. The first-order chi connectivity index (χ1) is 8.65. The quantitative estimate of drug-likeness (QED) is 0.876. The van der Waals surface area contributed by atoms with E-state index in [2.05, 4.69) is 17.6 Å². The van der Waals surface area contributed by atoms with E-state index in [1.54, 1.807) is 6.07 Å². The van der Waals surface area contributed by atoms with Crippen LogP contribution in [0, 0.1) is 11.8 Å². The molecule has 1 aromatic rings. The molecule has 1 aromatic heterocycles. The number of thiophene rings is 1. The smallest absolute Gasteiger partial charge is 0.254 e. The summed E-state index contributed by atoms with van der Waals surface area (Å²) >= 11 is 1.41. The Balaban J connectivity index is 1.66. The standard InChI is InChI=1S/C13H16N2O2S/c1-7-6-10(7)12(17)15-13-9(4-5-18-13)11(16)14-8-2-3-8/h4-5,7-8,10H,2-3,6H2,1H3,(H,14,16)(H,15,17)/t7-,10-/m0/s1. The Morgan fingerprint density at radius 1 is 1.39 bits per heavy atom. The van der Waals surface area contributed by atoms with Crippen LogP contribution >= 0.6 is 11.3 Å². The molecule has 2 saturated carbocycles. The van der Waals surface area contributed by atoms with Crippen molar-refractivity contribution in [2.75, 3.05) is 5.32 Å².